The number of amides is 1. The molecule has 4 rings (SSSR count). The highest BCUT2D eigenvalue weighted by molar-refractivity contribution is 5.94. The minimum atomic E-state index is -0.413. The first kappa shape index (κ1) is 18.3. The number of carbonyl (C=O) groups is 1. The van der Waals surface area contributed by atoms with Crippen LogP contribution in [-0.4, -0.2) is 33.4 Å². The number of halogens is 2. The van der Waals surface area contributed by atoms with Crippen molar-refractivity contribution in [2.75, 3.05) is 6.54 Å². The van der Waals surface area contributed by atoms with Gasteiger partial charge in [-0.25, -0.2) is 13.8 Å². The van der Waals surface area contributed by atoms with Crippen LogP contribution >= 0.6 is 0 Å². The highest BCUT2D eigenvalue weighted by Gasteiger charge is 2.32. The average Bonchev–Trinajstić information content (AvgIpc) is 3.19. The SMILES string of the molecule is CC1CCC(c2nc(-c3ccc(F)cn3)co2)CN1C(=O)c1ccc(F)cc1. The van der Waals surface area contributed by atoms with Gasteiger partial charge in [0.05, 0.1) is 17.8 Å². The molecule has 1 fully saturated rings. The van der Waals surface area contributed by atoms with E-state index in [2.05, 4.69) is 9.97 Å². The van der Waals surface area contributed by atoms with Crippen LogP contribution in [0.25, 0.3) is 11.4 Å². The fraction of sp³-hybridized carbons (Fsp3) is 0.286. The van der Waals surface area contributed by atoms with E-state index < -0.39 is 5.82 Å². The molecule has 1 amide bonds. The Morgan fingerprint density at radius 3 is 2.54 bits per heavy atom. The van der Waals surface area contributed by atoms with Crippen molar-refractivity contribution >= 4 is 5.91 Å². The van der Waals surface area contributed by atoms with Gasteiger partial charge in [0, 0.05) is 18.2 Å². The summed E-state index contributed by atoms with van der Waals surface area (Å²) in [5, 5.41) is 0. The molecule has 2 atom stereocenters. The molecule has 0 spiro atoms. The Kier molecular flexibility index (Phi) is 4.90. The first-order chi connectivity index (χ1) is 13.5. The Balaban J connectivity index is 1.52. The van der Waals surface area contributed by atoms with Crippen molar-refractivity contribution in [2.45, 2.75) is 31.7 Å². The molecule has 28 heavy (non-hydrogen) atoms. The van der Waals surface area contributed by atoms with Crippen LogP contribution in [0, 0.1) is 11.6 Å². The molecule has 2 unspecified atom stereocenters. The molecule has 0 aliphatic carbocycles. The summed E-state index contributed by atoms with van der Waals surface area (Å²) in [4.78, 5) is 23.2. The number of carbonyl (C=O) groups excluding carboxylic acids is 1. The third-order valence-electron chi connectivity index (χ3n) is 5.10. The van der Waals surface area contributed by atoms with Gasteiger partial charge in [-0.1, -0.05) is 0 Å². The first-order valence-corrected chi connectivity index (χ1v) is 9.15. The van der Waals surface area contributed by atoms with Crippen molar-refractivity contribution in [3.8, 4) is 11.4 Å². The van der Waals surface area contributed by atoms with Crippen molar-refractivity contribution in [2.24, 2.45) is 0 Å². The van der Waals surface area contributed by atoms with Crippen LogP contribution in [0.3, 0.4) is 0 Å². The lowest BCUT2D eigenvalue weighted by molar-refractivity contribution is 0.0597. The Labute approximate surface area is 161 Å². The third-order valence-corrected chi connectivity index (χ3v) is 5.10. The fourth-order valence-electron chi connectivity index (χ4n) is 3.47. The zero-order valence-corrected chi connectivity index (χ0v) is 15.3. The van der Waals surface area contributed by atoms with Crippen LogP contribution in [0.15, 0.2) is 53.3 Å². The van der Waals surface area contributed by atoms with Crippen LogP contribution in [0.5, 0.6) is 0 Å². The number of hydrogen-bond donors (Lipinski definition) is 0. The topological polar surface area (TPSA) is 59.2 Å². The van der Waals surface area contributed by atoms with E-state index in [9.17, 15) is 13.6 Å². The lowest BCUT2D eigenvalue weighted by Crippen LogP contribution is -2.44. The van der Waals surface area contributed by atoms with E-state index in [1.165, 1.54) is 36.6 Å². The van der Waals surface area contributed by atoms with Crippen molar-refractivity contribution in [3.05, 3.63) is 71.9 Å². The zero-order chi connectivity index (χ0) is 19.7. The van der Waals surface area contributed by atoms with Gasteiger partial charge >= 0.3 is 0 Å². The second-order valence-electron chi connectivity index (χ2n) is 7.02. The molecule has 1 aliphatic rings. The van der Waals surface area contributed by atoms with Gasteiger partial charge in [-0.3, -0.25) is 9.78 Å². The van der Waals surface area contributed by atoms with Gasteiger partial charge in [0.1, 0.15) is 23.6 Å². The van der Waals surface area contributed by atoms with Crippen molar-refractivity contribution in [3.63, 3.8) is 0 Å². The molecule has 0 saturated carbocycles. The summed E-state index contributed by atoms with van der Waals surface area (Å²) < 4.78 is 31.8. The molecule has 0 N–H and O–H groups in total. The first-order valence-electron chi connectivity index (χ1n) is 9.15. The van der Waals surface area contributed by atoms with Crippen molar-refractivity contribution in [1.29, 1.82) is 0 Å². The van der Waals surface area contributed by atoms with E-state index in [0.717, 1.165) is 19.0 Å². The highest BCUT2D eigenvalue weighted by atomic mass is 19.1. The summed E-state index contributed by atoms with van der Waals surface area (Å²) in [5.41, 5.74) is 1.52. The number of oxazole rings is 1. The maximum atomic E-state index is 13.1. The summed E-state index contributed by atoms with van der Waals surface area (Å²) in [5.74, 6) is -0.435. The number of aromatic nitrogens is 2. The Hall–Kier alpha value is -3.09. The lowest BCUT2D eigenvalue weighted by Gasteiger charge is -2.37. The molecule has 3 aromatic rings. The molecular formula is C21H19F2N3O2. The van der Waals surface area contributed by atoms with Gasteiger partial charge in [0.2, 0.25) is 0 Å². The van der Waals surface area contributed by atoms with Crippen molar-refractivity contribution in [1.82, 2.24) is 14.9 Å². The highest BCUT2D eigenvalue weighted by Crippen LogP contribution is 2.32. The van der Waals surface area contributed by atoms with E-state index in [4.69, 9.17) is 4.42 Å². The standard InChI is InChI=1S/C21H19F2N3O2/c1-13-2-3-15(11-26(13)21(27)14-4-6-16(22)7-5-14)20-25-19(12-28-20)18-9-8-17(23)10-24-18/h4-10,12-13,15H,2-3,11H2,1H3. The molecule has 7 heteroatoms. The predicted molar refractivity (Wildman–Crippen MR) is 98.6 cm³/mol. The van der Waals surface area contributed by atoms with Gasteiger partial charge in [-0.15, -0.1) is 0 Å². The molecule has 1 aromatic carbocycles. The Bertz CT molecular complexity index is 970. The van der Waals surface area contributed by atoms with Crippen molar-refractivity contribution < 1.29 is 18.0 Å². The number of pyridine rings is 1. The minimum Gasteiger partial charge on any atom is -0.448 e. The van der Waals surface area contributed by atoms with Gasteiger partial charge in [0.15, 0.2) is 5.89 Å². The second-order valence-corrected chi connectivity index (χ2v) is 7.02. The summed E-state index contributed by atoms with van der Waals surface area (Å²) in [6.45, 7) is 2.47. The number of benzene rings is 1. The largest absolute Gasteiger partial charge is 0.448 e. The van der Waals surface area contributed by atoms with Crippen LogP contribution in [0.2, 0.25) is 0 Å². The minimum absolute atomic E-state index is 0.0465. The van der Waals surface area contributed by atoms with E-state index in [1.54, 1.807) is 11.0 Å². The average molecular weight is 383 g/mol. The van der Waals surface area contributed by atoms with Gasteiger partial charge in [-0.2, -0.15) is 0 Å². The zero-order valence-electron chi connectivity index (χ0n) is 15.3. The van der Waals surface area contributed by atoms with E-state index >= 15 is 0 Å². The Morgan fingerprint density at radius 2 is 1.82 bits per heavy atom. The van der Waals surface area contributed by atoms with E-state index in [-0.39, 0.29) is 23.7 Å². The van der Waals surface area contributed by atoms with Crippen LogP contribution in [0.4, 0.5) is 8.78 Å². The second kappa shape index (κ2) is 7.50. The van der Waals surface area contributed by atoms with Crippen LogP contribution in [-0.2, 0) is 0 Å². The van der Waals surface area contributed by atoms with E-state index in [1.807, 2.05) is 6.92 Å². The summed E-state index contributed by atoms with van der Waals surface area (Å²) in [7, 11) is 0. The lowest BCUT2D eigenvalue weighted by atomic mass is 9.92. The molecule has 2 aromatic heterocycles. The quantitative estimate of drug-likeness (QED) is 0.672. The summed E-state index contributed by atoms with van der Waals surface area (Å²) >= 11 is 0. The number of hydrogen-bond acceptors (Lipinski definition) is 4. The normalized spacial score (nSPS) is 19.6. The van der Waals surface area contributed by atoms with Gasteiger partial charge in [-0.05, 0) is 56.2 Å². The molecule has 1 aliphatic heterocycles. The predicted octanol–water partition coefficient (Wildman–Crippen LogP) is 4.42. The number of piperidine rings is 1. The smallest absolute Gasteiger partial charge is 0.254 e. The molecule has 3 heterocycles. The van der Waals surface area contributed by atoms with Crippen LogP contribution < -0.4 is 0 Å². The monoisotopic (exact) mass is 383 g/mol. The fourth-order valence-corrected chi connectivity index (χ4v) is 3.47. The molecule has 0 radical (unpaired) electrons. The van der Waals surface area contributed by atoms with Crippen LogP contribution in [0.1, 0.15) is 41.9 Å². The van der Waals surface area contributed by atoms with Gasteiger partial charge in [0.25, 0.3) is 5.91 Å². The molecule has 0 bridgehead atoms. The van der Waals surface area contributed by atoms with E-state index in [0.29, 0.717) is 29.4 Å². The molecule has 5 nitrogen and oxygen atoms in total. The third kappa shape index (κ3) is 3.65. The molecular weight excluding hydrogens is 364 g/mol. The number of likely N-dealkylation sites (tertiary alicyclic amines) is 1. The summed E-state index contributed by atoms with van der Waals surface area (Å²) in [6, 6.07) is 8.51. The molecule has 1 saturated heterocycles. The Morgan fingerprint density at radius 1 is 1.07 bits per heavy atom. The maximum Gasteiger partial charge on any atom is 0.254 e. The number of nitrogens with zero attached hydrogens (tertiary/aromatic N) is 3. The molecule has 144 valence electrons. The van der Waals surface area contributed by atoms with Gasteiger partial charge < -0.3 is 9.32 Å². The summed E-state index contributed by atoms with van der Waals surface area (Å²) in [6.07, 6.45) is 4.28. The maximum absolute atomic E-state index is 13.1. The number of rotatable bonds is 3.